The second-order valence-corrected chi connectivity index (χ2v) is 8.80. The molecule has 0 unspecified atom stereocenters. The van der Waals surface area contributed by atoms with Crippen molar-refractivity contribution in [2.24, 2.45) is 17.6 Å². The number of aromatic nitrogens is 2. The highest BCUT2D eigenvalue weighted by Crippen LogP contribution is 2.41. The van der Waals surface area contributed by atoms with Crippen LogP contribution in [0.25, 0.3) is 5.69 Å². The number of likely N-dealkylation sites (tertiary alicyclic amines) is 1. The Labute approximate surface area is 174 Å². The van der Waals surface area contributed by atoms with Crippen LogP contribution in [-0.4, -0.2) is 56.6 Å². The fourth-order valence-electron chi connectivity index (χ4n) is 5.72. The van der Waals surface area contributed by atoms with Crippen LogP contribution in [0.4, 0.5) is 4.39 Å². The van der Waals surface area contributed by atoms with Crippen molar-refractivity contribution in [1.29, 1.82) is 0 Å². The van der Waals surface area contributed by atoms with Gasteiger partial charge in [0.05, 0.1) is 6.20 Å². The van der Waals surface area contributed by atoms with Gasteiger partial charge in [0.25, 0.3) is 0 Å². The molecule has 0 aliphatic carbocycles. The summed E-state index contributed by atoms with van der Waals surface area (Å²) in [4.78, 5) is 29.0. The fraction of sp³-hybridized carbons (Fsp3) is 0.500. The van der Waals surface area contributed by atoms with Crippen molar-refractivity contribution >= 4 is 11.8 Å². The lowest BCUT2D eigenvalue weighted by Crippen LogP contribution is -2.67. The molecule has 3 aliphatic heterocycles. The average Bonchev–Trinajstić information content (AvgIpc) is 3.17. The van der Waals surface area contributed by atoms with E-state index in [1.54, 1.807) is 29.1 Å². The standard InChI is InChI=1S/C22H26FN5O2/c23-17-4-1-2-5-19(17)27-11-14(9-25-27)10-26-12-15-8-16(13-26)21(22(24)30)28-18(15)6-3-7-20(28)29/h1-2,4-5,9,11,15-16,18,21H,3,6-8,10,12-13H2,(H2,24,30)/t15-,16+,18+,21-/m1/s1. The van der Waals surface area contributed by atoms with Crippen molar-refractivity contribution in [1.82, 2.24) is 19.6 Å². The van der Waals surface area contributed by atoms with Gasteiger partial charge >= 0.3 is 0 Å². The fourth-order valence-corrected chi connectivity index (χ4v) is 5.72. The van der Waals surface area contributed by atoms with Crippen LogP contribution in [0.1, 0.15) is 31.2 Å². The predicted molar refractivity (Wildman–Crippen MR) is 108 cm³/mol. The van der Waals surface area contributed by atoms with Gasteiger partial charge in [-0.05, 0) is 37.3 Å². The smallest absolute Gasteiger partial charge is 0.240 e. The zero-order valence-electron chi connectivity index (χ0n) is 16.8. The first-order chi connectivity index (χ1) is 14.5. The number of nitrogens with zero attached hydrogens (tertiary/aromatic N) is 4. The number of benzene rings is 1. The quantitative estimate of drug-likeness (QED) is 0.830. The third-order valence-corrected chi connectivity index (χ3v) is 6.85. The number of rotatable bonds is 4. The lowest BCUT2D eigenvalue weighted by Gasteiger charge is -2.55. The van der Waals surface area contributed by atoms with E-state index in [0.29, 0.717) is 31.1 Å². The molecule has 30 heavy (non-hydrogen) atoms. The van der Waals surface area contributed by atoms with Crippen LogP contribution in [0, 0.1) is 17.7 Å². The number of hydrogen-bond donors (Lipinski definition) is 1. The number of para-hydroxylation sites is 1. The summed E-state index contributed by atoms with van der Waals surface area (Å²) in [5.74, 6) is -0.227. The minimum Gasteiger partial charge on any atom is -0.368 e. The molecule has 7 nitrogen and oxygen atoms in total. The first kappa shape index (κ1) is 19.2. The topological polar surface area (TPSA) is 84.5 Å². The number of halogens is 1. The van der Waals surface area contributed by atoms with Crippen LogP contribution in [-0.2, 0) is 16.1 Å². The van der Waals surface area contributed by atoms with Gasteiger partial charge in [0.1, 0.15) is 17.5 Å². The molecule has 4 atom stereocenters. The molecule has 2 N–H and O–H groups in total. The van der Waals surface area contributed by atoms with E-state index in [1.165, 1.54) is 6.07 Å². The Morgan fingerprint density at radius 1 is 1.23 bits per heavy atom. The summed E-state index contributed by atoms with van der Waals surface area (Å²) in [7, 11) is 0. The van der Waals surface area contributed by atoms with Crippen molar-refractivity contribution in [3.8, 4) is 5.69 Å². The lowest BCUT2D eigenvalue weighted by molar-refractivity contribution is -0.159. The number of fused-ring (bicyclic) bond motifs is 4. The van der Waals surface area contributed by atoms with Gasteiger partial charge < -0.3 is 10.6 Å². The van der Waals surface area contributed by atoms with Crippen molar-refractivity contribution in [3.05, 3.63) is 48.0 Å². The SMILES string of the molecule is NC(=O)[C@H]1[C@H]2C[C@H](CN(Cc3cnn(-c4ccccc4F)c3)C2)[C@@H]2CCCC(=O)N21. The third kappa shape index (κ3) is 3.29. The minimum absolute atomic E-state index is 0.0566. The van der Waals surface area contributed by atoms with Gasteiger partial charge in [-0.25, -0.2) is 9.07 Å². The van der Waals surface area contributed by atoms with Crippen molar-refractivity contribution in [2.75, 3.05) is 13.1 Å². The largest absolute Gasteiger partial charge is 0.368 e. The monoisotopic (exact) mass is 411 g/mol. The molecule has 8 heteroatoms. The molecule has 158 valence electrons. The Morgan fingerprint density at radius 2 is 2.03 bits per heavy atom. The Morgan fingerprint density at radius 3 is 2.83 bits per heavy atom. The first-order valence-electron chi connectivity index (χ1n) is 10.6. The minimum atomic E-state index is -0.511. The average molecular weight is 411 g/mol. The van der Waals surface area contributed by atoms with E-state index in [9.17, 15) is 14.0 Å². The van der Waals surface area contributed by atoms with Gasteiger partial charge in [-0.2, -0.15) is 5.10 Å². The molecule has 0 radical (unpaired) electrons. The molecule has 1 aromatic carbocycles. The number of piperidine rings is 3. The van der Waals surface area contributed by atoms with E-state index in [0.717, 1.165) is 31.4 Å². The molecule has 3 fully saturated rings. The molecule has 4 heterocycles. The van der Waals surface area contributed by atoms with Gasteiger partial charge in [0.15, 0.2) is 0 Å². The van der Waals surface area contributed by atoms with Crippen molar-refractivity contribution in [3.63, 3.8) is 0 Å². The van der Waals surface area contributed by atoms with Gasteiger partial charge in [-0.15, -0.1) is 0 Å². The molecule has 2 amide bonds. The Kier molecular flexibility index (Phi) is 4.81. The number of amides is 2. The highest BCUT2D eigenvalue weighted by molar-refractivity contribution is 5.88. The molecule has 1 aromatic heterocycles. The van der Waals surface area contributed by atoms with Crippen LogP contribution >= 0.6 is 0 Å². The predicted octanol–water partition coefficient (Wildman–Crippen LogP) is 1.70. The van der Waals surface area contributed by atoms with E-state index in [2.05, 4.69) is 10.00 Å². The van der Waals surface area contributed by atoms with Gasteiger partial charge in [0.2, 0.25) is 11.8 Å². The first-order valence-corrected chi connectivity index (χ1v) is 10.6. The van der Waals surface area contributed by atoms with Crippen LogP contribution in [0.2, 0.25) is 0 Å². The van der Waals surface area contributed by atoms with E-state index in [4.69, 9.17) is 5.73 Å². The zero-order chi connectivity index (χ0) is 20.8. The third-order valence-electron chi connectivity index (χ3n) is 6.85. The number of nitrogens with two attached hydrogens (primary N) is 1. The second kappa shape index (κ2) is 7.50. The highest BCUT2D eigenvalue weighted by atomic mass is 19.1. The lowest BCUT2D eigenvalue weighted by atomic mass is 9.72. The number of hydrogen-bond acceptors (Lipinski definition) is 4. The molecule has 3 aliphatic rings. The summed E-state index contributed by atoms with van der Waals surface area (Å²) >= 11 is 0. The van der Waals surface area contributed by atoms with Crippen molar-refractivity contribution < 1.29 is 14.0 Å². The van der Waals surface area contributed by atoms with Gasteiger partial charge in [-0.1, -0.05) is 12.1 Å². The van der Waals surface area contributed by atoms with E-state index >= 15 is 0 Å². The van der Waals surface area contributed by atoms with Gasteiger partial charge in [0, 0.05) is 49.8 Å². The van der Waals surface area contributed by atoms with Crippen LogP contribution < -0.4 is 5.73 Å². The summed E-state index contributed by atoms with van der Waals surface area (Å²) in [5.41, 5.74) is 7.16. The second-order valence-electron chi connectivity index (χ2n) is 8.80. The molecule has 0 spiro atoms. The van der Waals surface area contributed by atoms with Crippen molar-refractivity contribution in [2.45, 2.75) is 44.3 Å². The molecule has 2 bridgehead atoms. The van der Waals surface area contributed by atoms with Gasteiger partial charge in [-0.3, -0.25) is 14.5 Å². The van der Waals surface area contributed by atoms with Crippen LogP contribution in [0.5, 0.6) is 0 Å². The maximum absolute atomic E-state index is 14.1. The maximum Gasteiger partial charge on any atom is 0.240 e. The summed E-state index contributed by atoms with van der Waals surface area (Å²) in [5, 5.41) is 4.33. The number of primary amides is 1. The maximum atomic E-state index is 14.1. The summed E-state index contributed by atoms with van der Waals surface area (Å²) in [6.45, 7) is 2.26. The molecule has 5 rings (SSSR count). The Bertz CT molecular complexity index is 976. The normalized spacial score (nSPS) is 29.0. The van der Waals surface area contributed by atoms with Crippen LogP contribution in [0.3, 0.4) is 0 Å². The number of carbonyl (C=O) groups excluding carboxylic acids is 2. The molecule has 2 aromatic rings. The molecular weight excluding hydrogens is 385 g/mol. The molecular formula is C22H26FN5O2. The van der Waals surface area contributed by atoms with Crippen LogP contribution in [0.15, 0.2) is 36.7 Å². The Balaban J connectivity index is 1.35. The summed E-state index contributed by atoms with van der Waals surface area (Å²) < 4.78 is 15.6. The van der Waals surface area contributed by atoms with E-state index in [1.807, 2.05) is 11.1 Å². The van der Waals surface area contributed by atoms with E-state index in [-0.39, 0.29) is 23.7 Å². The molecule has 3 saturated heterocycles. The zero-order valence-corrected chi connectivity index (χ0v) is 16.8. The summed E-state index contributed by atoms with van der Waals surface area (Å²) in [6, 6.07) is 6.15. The number of carbonyl (C=O) groups is 2. The Hall–Kier alpha value is -2.74. The molecule has 0 saturated carbocycles. The van der Waals surface area contributed by atoms with E-state index < -0.39 is 11.9 Å². The summed E-state index contributed by atoms with van der Waals surface area (Å²) in [6.07, 6.45) is 6.88. The highest BCUT2D eigenvalue weighted by Gasteiger charge is 2.51.